The number of pyridine rings is 1. The minimum atomic E-state index is 0.763. The topological polar surface area (TPSA) is 53.1 Å². The molecular weight excluding hydrogens is 318 g/mol. The van der Waals surface area contributed by atoms with E-state index in [1.54, 1.807) is 7.11 Å². The van der Waals surface area contributed by atoms with Gasteiger partial charge < -0.3 is 9.30 Å². The van der Waals surface area contributed by atoms with E-state index in [0.29, 0.717) is 0 Å². The first-order chi connectivity index (χ1) is 11.8. The molecule has 0 atom stereocenters. The van der Waals surface area contributed by atoms with Gasteiger partial charge in [-0.05, 0) is 60.0 Å². The Kier molecular flexibility index (Phi) is 3.88. The van der Waals surface area contributed by atoms with Gasteiger partial charge in [-0.2, -0.15) is 0 Å². The van der Waals surface area contributed by atoms with Crippen LogP contribution in [0.4, 0.5) is 0 Å². The summed E-state index contributed by atoms with van der Waals surface area (Å²) >= 11 is 1.26. The zero-order valence-electron chi connectivity index (χ0n) is 13.3. The molecule has 2 heterocycles. The van der Waals surface area contributed by atoms with Crippen LogP contribution in [-0.4, -0.2) is 16.7 Å². The average Bonchev–Trinajstić information content (AvgIpc) is 2.96. The van der Waals surface area contributed by atoms with Crippen molar-refractivity contribution in [2.75, 3.05) is 7.11 Å². The van der Waals surface area contributed by atoms with Crippen LogP contribution < -0.4 is 9.88 Å². The number of fused-ring (bicyclic) bond motifs is 3. The fraction of sp³-hybridized carbons (Fsp3) is 0.105. The maximum Gasteiger partial charge on any atom is 0.141 e. The average molecular weight is 335 g/mol. The van der Waals surface area contributed by atoms with E-state index < -0.39 is 0 Å². The molecule has 0 unspecified atom stereocenters. The summed E-state index contributed by atoms with van der Waals surface area (Å²) in [7, 11) is 1.69. The molecule has 2 N–H and O–H groups in total. The fourth-order valence-electron chi connectivity index (χ4n) is 3.05. The third kappa shape index (κ3) is 2.52. The number of ether oxygens (including phenoxy) is 1. The van der Waals surface area contributed by atoms with E-state index in [1.165, 1.54) is 17.5 Å². The van der Waals surface area contributed by atoms with E-state index >= 15 is 0 Å². The normalized spacial score (nSPS) is 11.2. The van der Waals surface area contributed by atoms with Crippen molar-refractivity contribution in [2.45, 2.75) is 11.4 Å². The molecule has 4 rings (SSSR count). The van der Waals surface area contributed by atoms with E-state index in [1.807, 2.05) is 30.5 Å². The summed E-state index contributed by atoms with van der Waals surface area (Å²) in [5, 5.41) is 7.90. The van der Waals surface area contributed by atoms with Crippen LogP contribution in [0.3, 0.4) is 0 Å². The quantitative estimate of drug-likeness (QED) is 0.568. The Hall–Kier alpha value is -2.50. The Morgan fingerprint density at radius 2 is 1.92 bits per heavy atom. The molecule has 0 aliphatic carbocycles. The van der Waals surface area contributed by atoms with Crippen LogP contribution in [0.25, 0.3) is 21.9 Å². The van der Waals surface area contributed by atoms with Gasteiger partial charge in [0.05, 0.1) is 12.6 Å². The lowest BCUT2D eigenvalue weighted by molar-refractivity contribution is 0.415. The summed E-state index contributed by atoms with van der Waals surface area (Å²) in [4.78, 5) is 5.66. The first kappa shape index (κ1) is 15.1. The maximum absolute atomic E-state index is 5.60. The van der Waals surface area contributed by atoms with Crippen molar-refractivity contribution in [3.05, 3.63) is 66.4 Å². The molecule has 0 saturated heterocycles. The van der Waals surface area contributed by atoms with Crippen LogP contribution >= 0.6 is 11.9 Å². The highest BCUT2D eigenvalue weighted by molar-refractivity contribution is 7.97. The second-order valence-corrected chi connectivity index (χ2v) is 6.31. The molecule has 4 nitrogen and oxygen atoms in total. The largest absolute Gasteiger partial charge is 0.497 e. The van der Waals surface area contributed by atoms with E-state index in [9.17, 15) is 0 Å². The Morgan fingerprint density at radius 3 is 2.67 bits per heavy atom. The van der Waals surface area contributed by atoms with Gasteiger partial charge in [-0.15, -0.1) is 0 Å². The minimum absolute atomic E-state index is 0.763. The standard InChI is InChI=1S/C19H17N3OS/c1-23-14-6-9-18-17(11-14)16-3-2-10-21-19(16)22(18)12-13-4-7-15(24-20)8-5-13/h2-11H,12,20H2,1H3. The molecule has 0 amide bonds. The van der Waals surface area contributed by atoms with E-state index in [4.69, 9.17) is 9.88 Å². The number of rotatable bonds is 4. The van der Waals surface area contributed by atoms with Crippen LogP contribution in [0.2, 0.25) is 0 Å². The predicted octanol–water partition coefficient (Wildman–Crippen LogP) is 4.21. The molecule has 0 spiro atoms. The Morgan fingerprint density at radius 1 is 1.08 bits per heavy atom. The van der Waals surface area contributed by atoms with Crippen LogP contribution in [0.5, 0.6) is 5.75 Å². The smallest absolute Gasteiger partial charge is 0.141 e. The van der Waals surface area contributed by atoms with Gasteiger partial charge in [0, 0.05) is 28.4 Å². The van der Waals surface area contributed by atoms with Crippen molar-refractivity contribution in [1.29, 1.82) is 0 Å². The molecule has 0 aliphatic heterocycles. The van der Waals surface area contributed by atoms with Crippen LogP contribution in [-0.2, 0) is 6.54 Å². The number of aromatic nitrogens is 2. The van der Waals surface area contributed by atoms with Crippen molar-refractivity contribution >= 4 is 33.9 Å². The summed E-state index contributed by atoms with van der Waals surface area (Å²) in [6, 6.07) is 18.6. The van der Waals surface area contributed by atoms with Crippen LogP contribution in [0, 0.1) is 0 Å². The summed E-state index contributed by atoms with van der Waals surface area (Å²) in [5.41, 5.74) is 3.35. The van der Waals surface area contributed by atoms with E-state index in [0.717, 1.165) is 39.1 Å². The summed E-state index contributed by atoms with van der Waals surface area (Å²) in [5.74, 6) is 0.856. The van der Waals surface area contributed by atoms with Crippen molar-refractivity contribution in [2.24, 2.45) is 5.14 Å². The highest BCUT2D eigenvalue weighted by Crippen LogP contribution is 2.31. The van der Waals surface area contributed by atoms with Crippen molar-refractivity contribution in [3.63, 3.8) is 0 Å². The predicted molar refractivity (Wildman–Crippen MR) is 99.4 cm³/mol. The number of hydrogen-bond acceptors (Lipinski definition) is 4. The number of methoxy groups -OCH3 is 1. The van der Waals surface area contributed by atoms with Gasteiger partial charge in [0.1, 0.15) is 11.4 Å². The number of hydrogen-bond donors (Lipinski definition) is 1. The highest BCUT2D eigenvalue weighted by atomic mass is 32.2. The maximum atomic E-state index is 5.60. The summed E-state index contributed by atoms with van der Waals surface area (Å²) in [6.45, 7) is 0.763. The van der Waals surface area contributed by atoms with Crippen LogP contribution in [0.1, 0.15) is 5.56 Å². The summed E-state index contributed by atoms with van der Waals surface area (Å²) in [6.07, 6.45) is 1.84. The zero-order valence-corrected chi connectivity index (χ0v) is 14.1. The monoisotopic (exact) mass is 335 g/mol. The minimum Gasteiger partial charge on any atom is -0.497 e. The first-order valence-corrected chi connectivity index (χ1v) is 8.55. The van der Waals surface area contributed by atoms with Gasteiger partial charge in [-0.3, -0.25) is 5.14 Å². The Bertz CT molecular complexity index is 1010. The van der Waals surface area contributed by atoms with Gasteiger partial charge >= 0.3 is 0 Å². The molecule has 0 bridgehead atoms. The molecule has 4 aromatic rings. The lowest BCUT2D eigenvalue weighted by atomic mass is 10.2. The second-order valence-electron chi connectivity index (χ2n) is 5.61. The zero-order chi connectivity index (χ0) is 16.5. The molecule has 24 heavy (non-hydrogen) atoms. The van der Waals surface area contributed by atoms with Crippen molar-refractivity contribution in [3.8, 4) is 5.75 Å². The molecule has 0 aliphatic rings. The molecular formula is C19H17N3OS. The van der Waals surface area contributed by atoms with Gasteiger partial charge in [0.2, 0.25) is 0 Å². The first-order valence-electron chi connectivity index (χ1n) is 7.67. The number of nitrogens with zero attached hydrogens (tertiary/aromatic N) is 2. The molecule has 120 valence electrons. The molecule has 2 aromatic carbocycles. The van der Waals surface area contributed by atoms with Gasteiger partial charge in [0.15, 0.2) is 0 Å². The fourth-order valence-corrected chi connectivity index (χ4v) is 3.34. The molecule has 0 fully saturated rings. The van der Waals surface area contributed by atoms with Crippen molar-refractivity contribution in [1.82, 2.24) is 9.55 Å². The molecule has 0 radical (unpaired) electrons. The highest BCUT2D eigenvalue weighted by Gasteiger charge is 2.12. The van der Waals surface area contributed by atoms with Gasteiger partial charge in [-0.25, -0.2) is 4.98 Å². The third-order valence-corrected chi connectivity index (χ3v) is 4.77. The van der Waals surface area contributed by atoms with Crippen molar-refractivity contribution < 1.29 is 4.74 Å². The number of nitrogens with two attached hydrogens (primary N) is 1. The SMILES string of the molecule is COc1ccc2c(c1)c1cccnc1n2Cc1ccc(SN)cc1. The third-order valence-electron chi connectivity index (χ3n) is 4.23. The van der Waals surface area contributed by atoms with Crippen LogP contribution in [0.15, 0.2) is 65.7 Å². The lowest BCUT2D eigenvalue weighted by Crippen LogP contribution is -2.00. The molecule has 0 saturated carbocycles. The lowest BCUT2D eigenvalue weighted by Gasteiger charge is -2.08. The Balaban J connectivity index is 1.88. The summed E-state index contributed by atoms with van der Waals surface area (Å²) < 4.78 is 7.63. The van der Waals surface area contributed by atoms with E-state index in [2.05, 4.69) is 39.9 Å². The van der Waals surface area contributed by atoms with E-state index in [-0.39, 0.29) is 0 Å². The van der Waals surface area contributed by atoms with Gasteiger partial charge in [-0.1, -0.05) is 12.1 Å². The second kappa shape index (κ2) is 6.19. The van der Waals surface area contributed by atoms with Gasteiger partial charge in [0.25, 0.3) is 0 Å². The molecule has 2 aromatic heterocycles. The Labute approximate surface area is 144 Å². The number of benzene rings is 2. The molecule has 5 heteroatoms.